The summed E-state index contributed by atoms with van der Waals surface area (Å²) in [5.74, 6) is 0.849. The van der Waals surface area contributed by atoms with Crippen molar-refractivity contribution in [1.29, 1.82) is 0 Å². The summed E-state index contributed by atoms with van der Waals surface area (Å²) in [6.07, 6.45) is 1.64. The molecule has 0 radical (unpaired) electrons. The molecule has 0 bridgehead atoms. The summed E-state index contributed by atoms with van der Waals surface area (Å²) in [5.41, 5.74) is 5.11. The first-order valence-electron chi connectivity index (χ1n) is 9.16. The molecular formula is C24H17N3S. The van der Waals surface area contributed by atoms with Crippen molar-refractivity contribution in [3.05, 3.63) is 96.8 Å². The fourth-order valence-electron chi connectivity index (χ4n) is 3.38. The topological polar surface area (TPSA) is 38.7 Å². The molecule has 0 fully saturated rings. The van der Waals surface area contributed by atoms with Gasteiger partial charge in [-0.3, -0.25) is 0 Å². The molecule has 0 amide bonds. The second kappa shape index (κ2) is 7.41. The predicted molar refractivity (Wildman–Crippen MR) is 116 cm³/mol. The summed E-state index contributed by atoms with van der Waals surface area (Å²) in [4.78, 5) is 14.2. The van der Waals surface area contributed by atoms with Crippen molar-refractivity contribution < 1.29 is 0 Å². The van der Waals surface area contributed by atoms with Crippen LogP contribution < -0.4 is 0 Å². The monoisotopic (exact) mass is 379 g/mol. The third-order valence-corrected chi connectivity index (χ3v) is 5.77. The molecule has 4 heteroatoms. The molecule has 134 valence electrons. The molecular weight excluding hydrogens is 362 g/mol. The minimum atomic E-state index is 0.849. The Hall–Kier alpha value is -3.24. The van der Waals surface area contributed by atoms with Crippen molar-refractivity contribution in [3.63, 3.8) is 0 Å². The van der Waals surface area contributed by atoms with Crippen molar-refractivity contribution in [3.8, 4) is 11.3 Å². The zero-order chi connectivity index (χ0) is 18.8. The Morgan fingerprint density at radius 1 is 0.643 bits per heavy atom. The molecule has 5 aromatic rings. The fourth-order valence-corrected chi connectivity index (χ4v) is 4.27. The number of nitrogens with zero attached hydrogens (tertiary/aromatic N) is 3. The van der Waals surface area contributed by atoms with E-state index in [0.717, 1.165) is 43.8 Å². The van der Waals surface area contributed by atoms with Crippen LogP contribution in [0.3, 0.4) is 0 Å². The first-order chi connectivity index (χ1) is 13.9. The molecule has 0 aliphatic heterocycles. The van der Waals surface area contributed by atoms with Crippen LogP contribution in [0, 0.1) is 0 Å². The Labute approximate surface area is 167 Å². The smallest absolute Gasteiger partial charge is 0.126 e. The van der Waals surface area contributed by atoms with E-state index < -0.39 is 0 Å². The van der Waals surface area contributed by atoms with E-state index in [1.165, 1.54) is 5.56 Å². The van der Waals surface area contributed by atoms with Crippen LogP contribution in [-0.4, -0.2) is 15.0 Å². The fraction of sp³-hybridized carbons (Fsp3) is 0.0417. The molecule has 0 saturated heterocycles. The summed E-state index contributed by atoms with van der Waals surface area (Å²) >= 11 is 1.70. The van der Waals surface area contributed by atoms with Crippen LogP contribution in [0.1, 0.15) is 5.56 Å². The maximum Gasteiger partial charge on any atom is 0.126 e. The lowest BCUT2D eigenvalue weighted by atomic mass is 10.0. The second-order valence-corrected chi connectivity index (χ2v) is 7.49. The van der Waals surface area contributed by atoms with Gasteiger partial charge in [-0.05, 0) is 5.56 Å². The summed E-state index contributed by atoms with van der Waals surface area (Å²) in [6.45, 7) is 0. The molecule has 0 atom stereocenters. The second-order valence-electron chi connectivity index (χ2n) is 6.52. The van der Waals surface area contributed by atoms with Crippen molar-refractivity contribution in [2.24, 2.45) is 0 Å². The SMILES string of the molecule is c1ccc(CSc2ncnc3c2nc(-c2ccccc2)c2ccccc23)cc1. The molecule has 2 heterocycles. The molecule has 0 aliphatic carbocycles. The number of thioether (sulfide) groups is 1. The molecule has 2 aromatic heterocycles. The predicted octanol–water partition coefficient (Wildman–Crippen LogP) is 6.14. The molecule has 5 rings (SSSR count). The molecule has 3 nitrogen and oxygen atoms in total. The molecule has 0 aliphatic rings. The van der Waals surface area contributed by atoms with Gasteiger partial charge in [0.2, 0.25) is 0 Å². The molecule has 0 unspecified atom stereocenters. The largest absolute Gasteiger partial charge is 0.243 e. The average molecular weight is 379 g/mol. The number of pyridine rings is 1. The third-order valence-electron chi connectivity index (χ3n) is 4.72. The van der Waals surface area contributed by atoms with Crippen LogP contribution in [0.25, 0.3) is 33.1 Å². The Balaban J connectivity index is 1.70. The van der Waals surface area contributed by atoms with Crippen molar-refractivity contribution in [2.75, 3.05) is 0 Å². The van der Waals surface area contributed by atoms with Gasteiger partial charge in [0.25, 0.3) is 0 Å². The molecule has 0 saturated carbocycles. The van der Waals surface area contributed by atoms with E-state index in [2.05, 4.69) is 70.6 Å². The van der Waals surface area contributed by atoms with Crippen molar-refractivity contribution >= 4 is 33.6 Å². The zero-order valence-corrected chi connectivity index (χ0v) is 15.9. The number of hydrogen-bond acceptors (Lipinski definition) is 4. The van der Waals surface area contributed by atoms with Gasteiger partial charge in [-0.2, -0.15) is 0 Å². The Morgan fingerprint density at radius 2 is 1.32 bits per heavy atom. The van der Waals surface area contributed by atoms with Crippen LogP contribution in [0.2, 0.25) is 0 Å². The summed E-state index contributed by atoms with van der Waals surface area (Å²) < 4.78 is 0. The van der Waals surface area contributed by atoms with Gasteiger partial charge >= 0.3 is 0 Å². The van der Waals surface area contributed by atoms with Gasteiger partial charge in [0.1, 0.15) is 22.4 Å². The Morgan fingerprint density at radius 3 is 2.11 bits per heavy atom. The summed E-state index contributed by atoms with van der Waals surface area (Å²) in [5, 5.41) is 3.13. The lowest BCUT2D eigenvalue weighted by molar-refractivity contribution is 1.08. The highest BCUT2D eigenvalue weighted by Gasteiger charge is 2.14. The average Bonchev–Trinajstić information content (AvgIpc) is 2.78. The maximum atomic E-state index is 5.04. The lowest BCUT2D eigenvalue weighted by Gasteiger charge is -2.11. The van der Waals surface area contributed by atoms with E-state index in [-0.39, 0.29) is 0 Å². The zero-order valence-electron chi connectivity index (χ0n) is 15.1. The van der Waals surface area contributed by atoms with E-state index in [1.807, 2.05) is 24.3 Å². The van der Waals surface area contributed by atoms with E-state index >= 15 is 0 Å². The van der Waals surface area contributed by atoms with E-state index in [0.29, 0.717) is 0 Å². The van der Waals surface area contributed by atoms with Crippen molar-refractivity contribution in [2.45, 2.75) is 10.8 Å². The quantitative estimate of drug-likeness (QED) is 0.214. The van der Waals surface area contributed by atoms with Gasteiger partial charge in [-0.25, -0.2) is 15.0 Å². The van der Waals surface area contributed by atoms with Crippen molar-refractivity contribution in [1.82, 2.24) is 15.0 Å². The number of hydrogen-bond donors (Lipinski definition) is 0. The molecule has 28 heavy (non-hydrogen) atoms. The van der Waals surface area contributed by atoms with Gasteiger partial charge in [0.05, 0.1) is 5.69 Å². The highest BCUT2D eigenvalue weighted by Crippen LogP contribution is 2.34. The number of rotatable bonds is 4. The van der Waals surface area contributed by atoms with Crippen LogP contribution in [0.15, 0.2) is 96.3 Å². The maximum absolute atomic E-state index is 5.04. The Kier molecular flexibility index (Phi) is 4.47. The highest BCUT2D eigenvalue weighted by atomic mass is 32.2. The third kappa shape index (κ3) is 3.12. The minimum Gasteiger partial charge on any atom is -0.243 e. The number of aromatic nitrogens is 3. The highest BCUT2D eigenvalue weighted by molar-refractivity contribution is 7.98. The lowest BCUT2D eigenvalue weighted by Crippen LogP contribution is -1.95. The number of benzene rings is 3. The van der Waals surface area contributed by atoms with Crippen LogP contribution in [0.5, 0.6) is 0 Å². The van der Waals surface area contributed by atoms with Gasteiger partial charge < -0.3 is 0 Å². The van der Waals surface area contributed by atoms with Crippen LogP contribution in [0.4, 0.5) is 0 Å². The summed E-state index contributed by atoms with van der Waals surface area (Å²) in [7, 11) is 0. The molecule has 0 N–H and O–H groups in total. The first kappa shape index (κ1) is 16.9. The number of fused-ring (bicyclic) bond motifs is 3. The van der Waals surface area contributed by atoms with Gasteiger partial charge in [0.15, 0.2) is 0 Å². The van der Waals surface area contributed by atoms with Crippen LogP contribution in [-0.2, 0) is 5.75 Å². The molecule has 0 spiro atoms. The van der Waals surface area contributed by atoms with Crippen LogP contribution >= 0.6 is 11.8 Å². The summed E-state index contributed by atoms with van der Waals surface area (Å²) in [6, 6.07) is 29.1. The van der Waals surface area contributed by atoms with E-state index in [4.69, 9.17) is 4.98 Å². The van der Waals surface area contributed by atoms with Gasteiger partial charge in [0, 0.05) is 22.1 Å². The molecule has 3 aromatic carbocycles. The first-order valence-corrected chi connectivity index (χ1v) is 10.1. The van der Waals surface area contributed by atoms with E-state index in [1.54, 1.807) is 18.1 Å². The Bertz CT molecular complexity index is 1250. The normalized spacial score (nSPS) is 11.1. The van der Waals surface area contributed by atoms with E-state index in [9.17, 15) is 0 Å². The van der Waals surface area contributed by atoms with Gasteiger partial charge in [-0.1, -0.05) is 96.7 Å². The minimum absolute atomic E-state index is 0.849. The van der Waals surface area contributed by atoms with Gasteiger partial charge in [-0.15, -0.1) is 0 Å². The standard InChI is InChI=1S/C24H17N3S/c1-3-9-17(10-4-1)15-28-24-23-22(25-16-26-24)20-14-8-7-13-19(20)21(27-23)18-11-5-2-6-12-18/h1-14,16H,15H2.